The molecule has 0 aliphatic carbocycles. The average Bonchev–Trinajstić information content (AvgIpc) is 3.48. The van der Waals surface area contributed by atoms with Gasteiger partial charge in [0.1, 0.15) is 6.61 Å². The summed E-state index contributed by atoms with van der Waals surface area (Å²) >= 11 is 0. The number of unbranched alkanes of at least 4 members (excludes halogenated alkanes) is 45. The summed E-state index contributed by atoms with van der Waals surface area (Å²) in [6.07, 6.45) is 89.0. The zero-order chi connectivity index (χ0) is 60.1. The lowest BCUT2D eigenvalue weighted by Gasteiger charge is -2.19. The first-order valence-corrected chi connectivity index (χ1v) is 37.3. The second-order valence-corrected chi connectivity index (χ2v) is 25.5. The number of carbonyl (C=O) groups is 2. The van der Waals surface area contributed by atoms with E-state index in [1.807, 2.05) is 0 Å². The number of nitrogens with two attached hydrogens (primary N) is 1. The molecule has 0 heterocycles. The van der Waals surface area contributed by atoms with E-state index in [2.05, 4.69) is 74.6 Å². The van der Waals surface area contributed by atoms with Gasteiger partial charge in [-0.05, 0) is 77.0 Å². The number of hydrogen-bond acceptors (Lipinski definition) is 8. The number of ether oxygens (including phenoxy) is 2. The van der Waals surface area contributed by atoms with E-state index in [0.29, 0.717) is 6.42 Å². The third kappa shape index (κ3) is 68.7. The van der Waals surface area contributed by atoms with Crippen LogP contribution < -0.4 is 5.73 Å². The lowest BCUT2D eigenvalue weighted by Crippen LogP contribution is -2.29. The fraction of sp³-hybridized carbons (Fsp3) is 0.836. The van der Waals surface area contributed by atoms with Gasteiger partial charge in [0, 0.05) is 19.4 Å². The summed E-state index contributed by atoms with van der Waals surface area (Å²) in [5.41, 5.74) is 5.41. The van der Waals surface area contributed by atoms with Gasteiger partial charge < -0.3 is 20.1 Å². The normalized spacial score (nSPS) is 13.3. The lowest BCUT2D eigenvalue weighted by atomic mass is 10.0. The van der Waals surface area contributed by atoms with Crippen molar-refractivity contribution < 1.29 is 37.6 Å². The quantitative estimate of drug-likeness (QED) is 0.0264. The molecule has 0 radical (unpaired) electrons. The topological polar surface area (TPSA) is 134 Å². The van der Waals surface area contributed by atoms with E-state index in [-0.39, 0.29) is 38.6 Å². The number of carbonyl (C=O) groups excluding carboxylic acids is 2. The van der Waals surface area contributed by atoms with Crippen LogP contribution in [-0.4, -0.2) is 49.3 Å². The second kappa shape index (κ2) is 68.8. The minimum atomic E-state index is -4.39. The molecule has 0 fully saturated rings. The molecule has 0 aliphatic heterocycles. The Morgan fingerprint density at radius 1 is 0.373 bits per heavy atom. The van der Waals surface area contributed by atoms with Crippen LogP contribution in [0.4, 0.5) is 0 Å². The molecule has 0 spiro atoms. The summed E-state index contributed by atoms with van der Waals surface area (Å²) in [6.45, 7) is 3.70. The molecular weight excluding hydrogens is 1050 g/mol. The maximum absolute atomic E-state index is 12.8. The molecule has 0 saturated carbocycles. The van der Waals surface area contributed by atoms with Gasteiger partial charge in [-0.25, -0.2) is 4.57 Å². The van der Waals surface area contributed by atoms with Crippen LogP contribution in [0.25, 0.3) is 0 Å². The Labute approximate surface area is 514 Å². The number of allylic oxidation sites excluding steroid dienone is 10. The van der Waals surface area contributed by atoms with E-state index >= 15 is 0 Å². The van der Waals surface area contributed by atoms with Gasteiger partial charge in [0.15, 0.2) is 6.10 Å². The number of rotatable bonds is 68. The van der Waals surface area contributed by atoms with E-state index in [1.54, 1.807) is 0 Å². The molecule has 2 unspecified atom stereocenters. The minimum Gasteiger partial charge on any atom is -0.462 e. The van der Waals surface area contributed by atoms with Crippen molar-refractivity contribution in [2.45, 2.75) is 367 Å². The lowest BCUT2D eigenvalue weighted by molar-refractivity contribution is -0.161. The fourth-order valence-electron chi connectivity index (χ4n) is 10.6. The van der Waals surface area contributed by atoms with Crippen LogP contribution in [0.3, 0.4) is 0 Å². The van der Waals surface area contributed by atoms with Crippen LogP contribution in [0.1, 0.15) is 361 Å². The Kier molecular flexibility index (Phi) is 66.9. The van der Waals surface area contributed by atoms with Crippen LogP contribution in [0, 0.1) is 0 Å². The first-order chi connectivity index (χ1) is 40.8. The van der Waals surface area contributed by atoms with Gasteiger partial charge in [-0.2, -0.15) is 0 Å². The van der Waals surface area contributed by atoms with Crippen molar-refractivity contribution in [3.05, 3.63) is 60.8 Å². The van der Waals surface area contributed by atoms with E-state index in [4.69, 9.17) is 24.3 Å². The van der Waals surface area contributed by atoms with Crippen molar-refractivity contribution in [3.63, 3.8) is 0 Å². The molecule has 0 aromatic rings. The summed E-state index contributed by atoms with van der Waals surface area (Å²) in [5.74, 6) is -0.808. The standard InChI is InChI=1S/C73H136NO8P/c1-3-5-7-9-11-13-15-17-19-21-23-25-27-29-31-33-35-37-39-41-43-45-47-49-51-53-55-57-59-61-63-65-72(75)79-69-71(70-81-83(77,78)80-68-67-74)82-73(76)66-64-62-60-58-56-54-52-50-48-46-44-42-40-38-36-34-32-30-28-26-24-22-20-18-16-14-12-10-8-6-4-2/h6,8,12,14,18,20-21,23-24,26,71H,3-5,7,9-11,13,15-17,19,22,25,27-70,74H2,1-2H3,(H,77,78)/b8-6-,14-12-,20-18-,23-21-,26-24-. The maximum atomic E-state index is 12.8. The van der Waals surface area contributed by atoms with Gasteiger partial charge in [-0.15, -0.1) is 0 Å². The van der Waals surface area contributed by atoms with Crippen LogP contribution in [0.5, 0.6) is 0 Å². The van der Waals surface area contributed by atoms with Crippen LogP contribution in [0.15, 0.2) is 60.8 Å². The van der Waals surface area contributed by atoms with Gasteiger partial charge in [-0.1, -0.05) is 331 Å². The third-order valence-corrected chi connectivity index (χ3v) is 16.9. The first kappa shape index (κ1) is 80.7. The van der Waals surface area contributed by atoms with E-state index in [9.17, 15) is 19.0 Å². The van der Waals surface area contributed by atoms with Crippen molar-refractivity contribution in [2.24, 2.45) is 5.73 Å². The summed E-state index contributed by atoms with van der Waals surface area (Å²) in [6, 6.07) is 0. The molecule has 83 heavy (non-hydrogen) atoms. The molecule has 9 nitrogen and oxygen atoms in total. The third-order valence-electron chi connectivity index (χ3n) is 15.9. The van der Waals surface area contributed by atoms with Gasteiger partial charge in [0.05, 0.1) is 13.2 Å². The zero-order valence-corrected chi connectivity index (χ0v) is 55.6. The first-order valence-electron chi connectivity index (χ1n) is 35.8. The summed E-state index contributed by atoms with van der Waals surface area (Å²) in [5, 5.41) is 0. The van der Waals surface area contributed by atoms with Crippen molar-refractivity contribution in [1.29, 1.82) is 0 Å². The van der Waals surface area contributed by atoms with Crippen molar-refractivity contribution in [1.82, 2.24) is 0 Å². The Morgan fingerprint density at radius 3 is 1.00 bits per heavy atom. The minimum absolute atomic E-state index is 0.0546. The van der Waals surface area contributed by atoms with E-state index in [0.717, 1.165) is 57.8 Å². The molecule has 0 saturated heterocycles. The molecule has 10 heteroatoms. The van der Waals surface area contributed by atoms with Gasteiger partial charge >= 0.3 is 19.8 Å². The van der Waals surface area contributed by atoms with Crippen LogP contribution in [0.2, 0.25) is 0 Å². The molecule has 0 bridgehead atoms. The molecule has 0 amide bonds. The van der Waals surface area contributed by atoms with Crippen LogP contribution in [-0.2, 0) is 32.7 Å². The SMILES string of the molecule is CC/C=C\C/C=C\C/C=C\C/C=C\CCCCCCCCCCCCCCCCCCCCC(=O)OC(COC(=O)CCCCCCCCCCCCCCCCCCCCC/C=C\CCCCCCCCCC)COP(=O)(O)OCCN. The van der Waals surface area contributed by atoms with Gasteiger partial charge in [0.25, 0.3) is 0 Å². The summed E-state index contributed by atoms with van der Waals surface area (Å²) in [4.78, 5) is 35.4. The molecule has 2 atom stereocenters. The predicted molar refractivity (Wildman–Crippen MR) is 358 cm³/mol. The average molecular weight is 1190 g/mol. The molecule has 486 valence electrons. The molecule has 0 aromatic heterocycles. The summed E-state index contributed by atoms with van der Waals surface area (Å²) in [7, 11) is -4.39. The highest BCUT2D eigenvalue weighted by atomic mass is 31.2. The van der Waals surface area contributed by atoms with Crippen molar-refractivity contribution in [2.75, 3.05) is 26.4 Å². The monoisotopic (exact) mass is 1190 g/mol. The molecule has 0 aliphatic rings. The van der Waals surface area contributed by atoms with Gasteiger partial charge in [0.2, 0.25) is 0 Å². The molecular formula is C73H136NO8P. The Hall–Kier alpha value is -2.29. The van der Waals surface area contributed by atoms with Crippen molar-refractivity contribution >= 4 is 19.8 Å². The maximum Gasteiger partial charge on any atom is 0.472 e. The second-order valence-electron chi connectivity index (χ2n) is 24.1. The highest BCUT2D eigenvalue weighted by Crippen LogP contribution is 2.43. The van der Waals surface area contributed by atoms with Crippen LogP contribution >= 0.6 is 7.82 Å². The predicted octanol–water partition coefficient (Wildman–Crippen LogP) is 23.4. The number of hydrogen-bond donors (Lipinski definition) is 2. The van der Waals surface area contributed by atoms with Gasteiger partial charge in [-0.3, -0.25) is 18.6 Å². The fourth-order valence-corrected chi connectivity index (χ4v) is 11.4. The van der Waals surface area contributed by atoms with Crippen molar-refractivity contribution in [3.8, 4) is 0 Å². The Balaban J connectivity index is 3.82. The van der Waals surface area contributed by atoms with E-state index < -0.39 is 26.5 Å². The zero-order valence-electron chi connectivity index (χ0n) is 54.7. The molecule has 0 aromatic carbocycles. The Morgan fingerprint density at radius 2 is 0.663 bits per heavy atom. The molecule has 3 N–H and O–H groups in total. The molecule has 0 rings (SSSR count). The largest absolute Gasteiger partial charge is 0.472 e. The number of esters is 2. The van der Waals surface area contributed by atoms with E-state index in [1.165, 1.54) is 270 Å². The number of phosphoric acid groups is 1. The highest BCUT2D eigenvalue weighted by Gasteiger charge is 2.26. The number of phosphoric ester groups is 1. The smallest absolute Gasteiger partial charge is 0.462 e. The Bertz CT molecular complexity index is 1540. The summed E-state index contributed by atoms with van der Waals surface area (Å²) < 4.78 is 33.2. The highest BCUT2D eigenvalue weighted by molar-refractivity contribution is 7.47.